The van der Waals surface area contributed by atoms with Crippen LogP contribution >= 0.6 is 11.6 Å². The summed E-state index contributed by atoms with van der Waals surface area (Å²) < 4.78 is 18.1. The van der Waals surface area contributed by atoms with E-state index in [1.165, 1.54) is 19.1 Å². The van der Waals surface area contributed by atoms with Crippen molar-refractivity contribution >= 4 is 29.3 Å². The number of aliphatic hydroxyl groups is 2. The van der Waals surface area contributed by atoms with E-state index in [9.17, 15) is 24.6 Å². The van der Waals surface area contributed by atoms with E-state index in [0.29, 0.717) is 30.7 Å². The minimum atomic E-state index is -2.31. The highest BCUT2D eigenvalue weighted by molar-refractivity contribution is 6.30. The molecular weight excluding hydrogens is 512 g/mol. The molecule has 0 amide bonds. The first-order chi connectivity index (χ1) is 17.8. The maximum absolute atomic E-state index is 14.3. The van der Waals surface area contributed by atoms with E-state index in [1.54, 1.807) is 12.1 Å². The van der Waals surface area contributed by atoms with Crippen LogP contribution in [0.2, 0.25) is 5.02 Å². The number of halogens is 1. The summed E-state index contributed by atoms with van der Waals surface area (Å²) in [5.41, 5.74) is -2.69. The van der Waals surface area contributed by atoms with Crippen molar-refractivity contribution < 1.29 is 38.8 Å². The van der Waals surface area contributed by atoms with Gasteiger partial charge in [-0.1, -0.05) is 32.0 Å². The molecule has 2 saturated heterocycles. The number of rotatable bonds is 3. The molecule has 7 rings (SSSR count). The molecule has 2 heterocycles. The van der Waals surface area contributed by atoms with Gasteiger partial charge in [-0.15, -0.1) is 0 Å². The van der Waals surface area contributed by atoms with E-state index in [4.69, 9.17) is 25.8 Å². The Kier molecular flexibility index (Phi) is 5.56. The maximum atomic E-state index is 14.3. The molecule has 6 aliphatic rings. The van der Waals surface area contributed by atoms with E-state index < -0.39 is 75.8 Å². The summed E-state index contributed by atoms with van der Waals surface area (Å²) in [6.45, 7) is 9.47. The van der Waals surface area contributed by atoms with Crippen LogP contribution in [0.1, 0.15) is 56.8 Å². The van der Waals surface area contributed by atoms with E-state index >= 15 is 0 Å². The Morgan fingerprint density at radius 1 is 1.13 bits per heavy atom. The molecule has 1 aromatic rings. The number of ether oxygens (including phenoxy) is 3. The van der Waals surface area contributed by atoms with Gasteiger partial charge in [-0.25, -0.2) is 4.79 Å². The first-order valence-electron chi connectivity index (χ1n) is 13.2. The Labute approximate surface area is 226 Å². The van der Waals surface area contributed by atoms with Crippen molar-refractivity contribution in [3.63, 3.8) is 0 Å². The third kappa shape index (κ3) is 2.95. The SMILES string of the molecule is C=C1C(=O)C23[C@H](OC(=O)c4ccc(Cl)cc4)[C@H]1CC[C@H]2C12CO[C@@]3(O)[C@@H](O)[C@@H]1C(C)(C)CC[C@@H]2OC(C)=O. The Balaban J connectivity index is 1.53. The molecule has 2 aliphatic heterocycles. The molecule has 2 N–H and O–H groups in total. The van der Waals surface area contributed by atoms with Crippen LogP contribution in [0.4, 0.5) is 0 Å². The summed E-state index contributed by atoms with van der Waals surface area (Å²) in [5, 5.41) is 24.7. The fourth-order valence-electron chi connectivity index (χ4n) is 9.15. The number of carbonyl (C=O) groups is 3. The number of hydrogen-bond acceptors (Lipinski definition) is 8. The van der Waals surface area contributed by atoms with Crippen molar-refractivity contribution in [3.8, 4) is 0 Å². The summed E-state index contributed by atoms with van der Waals surface area (Å²) in [5.74, 6) is -5.52. The second kappa shape index (κ2) is 8.13. The van der Waals surface area contributed by atoms with Crippen LogP contribution < -0.4 is 0 Å². The molecular formula is C29H33ClO8. The topological polar surface area (TPSA) is 119 Å². The van der Waals surface area contributed by atoms with Crippen LogP contribution in [0.15, 0.2) is 36.4 Å². The largest absolute Gasteiger partial charge is 0.462 e. The number of aliphatic hydroxyl groups excluding tert-OH is 1. The van der Waals surface area contributed by atoms with Gasteiger partial charge in [-0.3, -0.25) is 9.59 Å². The smallest absolute Gasteiger partial charge is 0.338 e. The second-order valence-electron chi connectivity index (χ2n) is 12.4. The minimum absolute atomic E-state index is 0.0152. The van der Waals surface area contributed by atoms with Gasteiger partial charge in [0.1, 0.15) is 23.7 Å². The van der Waals surface area contributed by atoms with Crippen LogP contribution in [0, 0.1) is 34.0 Å². The first kappa shape index (κ1) is 26.0. The highest BCUT2D eigenvalue weighted by Gasteiger charge is 2.88. The zero-order valence-electron chi connectivity index (χ0n) is 21.7. The molecule has 6 fully saturated rings. The standard InChI is InChI=1S/C29H33ClO8/c1-14-18-9-10-19-27-13-36-29(35,23(33)21(27)26(3,4)12-11-20(27)37-15(2)31)28(19,22(14)32)24(18)38-25(34)16-5-7-17(30)8-6-16/h5-8,18-21,23-24,33,35H,1,9-13H2,2-4H3/t18-,19-,20-,21+,23-,24+,27?,28?,29-/m0/s1. The summed E-state index contributed by atoms with van der Waals surface area (Å²) in [6.07, 6.45) is -1.03. The highest BCUT2D eigenvalue weighted by atomic mass is 35.5. The number of hydrogen-bond donors (Lipinski definition) is 2. The molecule has 0 aromatic heterocycles. The molecule has 1 aromatic carbocycles. The summed E-state index contributed by atoms with van der Waals surface area (Å²) >= 11 is 5.99. The van der Waals surface area contributed by atoms with Crippen LogP contribution in [0.5, 0.6) is 0 Å². The van der Waals surface area contributed by atoms with Crippen molar-refractivity contribution in [1.29, 1.82) is 0 Å². The zero-order valence-corrected chi connectivity index (χ0v) is 22.5. The number of fused-ring (bicyclic) bond motifs is 2. The molecule has 9 atom stereocenters. The number of benzene rings is 1. The van der Waals surface area contributed by atoms with E-state index in [1.807, 2.05) is 13.8 Å². The van der Waals surface area contributed by atoms with Crippen molar-refractivity contribution in [2.24, 2.45) is 34.0 Å². The van der Waals surface area contributed by atoms with Gasteiger partial charge < -0.3 is 24.4 Å². The van der Waals surface area contributed by atoms with Crippen molar-refractivity contribution in [2.45, 2.75) is 70.6 Å². The van der Waals surface area contributed by atoms with Crippen molar-refractivity contribution in [3.05, 3.63) is 47.0 Å². The average Bonchev–Trinajstić information content (AvgIpc) is 2.97. The molecule has 204 valence electrons. The Bertz CT molecular complexity index is 1240. The first-order valence-corrected chi connectivity index (χ1v) is 13.6. The Morgan fingerprint density at radius 2 is 1.82 bits per heavy atom. The molecule has 8 nitrogen and oxygen atoms in total. The lowest BCUT2D eigenvalue weighted by atomic mass is 9.35. The maximum Gasteiger partial charge on any atom is 0.338 e. The molecule has 0 radical (unpaired) electrons. The number of ketones is 1. The predicted molar refractivity (Wildman–Crippen MR) is 135 cm³/mol. The average molecular weight is 545 g/mol. The van der Waals surface area contributed by atoms with Gasteiger partial charge in [0.05, 0.1) is 12.2 Å². The van der Waals surface area contributed by atoms with Crippen LogP contribution in [-0.2, 0) is 23.8 Å². The number of Topliss-reactive ketones (excluding diaryl/α,β-unsaturated/α-hetero) is 1. The van der Waals surface area contributed by atoms with Gasteiger partial charge in [0.15, 0.2) is 5.78 Å². The lowest BCUT2D eigenvalue weighted by Gasteiger charge is -2.74. The Morgan fingerprint density at radius 3 is 2.47 bits per heavy atom. The summed E-state index contributed by atoms with van der Waals surface area (Å²) in [4.78, 5) is 39.9. The molecule has 4 saturated carbocycles. The second-order valence-corrected chi connectivity index (χ2v) is 12.9. The lowest BCUT2D eigenvalue weighted by molar-refractivity contribution is -0.457. The normalized spacial score (nSPS) is 44.3. The predicted octanol–water partition coefficient (Wildman–Crippen LogP) is 3.46. The van der Waals surface area contributed by atoms with E-state index in [-0.39, 0.29) is 17.7 Å². The molecule has 38 heavy (non-hydrogen) atoms. The van der Waals surface area contributed by atoms with Gasteiger partial charge in [-0.05, 0) is 66.9 Å². The minimum Gasteiger partial charge on any atom is -0.462 e. The van der Waals surface area contributed by atoms with Gasteiger partial charge in [0, 0.05) is 29.2 Å². The van der Waals surface area contributed by atoms with E-state index in [2.05, 4.69) is 6.58 Å². The molecule has 9 heteroatoms. The fraction of sp³-hybridized carbons (Fsp3) is 0.621. The zero-order chi connectivity index (χ0) is 27.4. The van der Waals surface area contributed by atoms with E-state index in [0.717, 1.165) is 0 Å². The quantitative estimate of drug-likeness (QED) is 0.438. The van der Waals surface area contributed by atoms with Gasteiger partial charge in [0.2, 0.25) is 5.79 Å². The highest BCUT2D eigenvalue weighted by Crippen LogP contribution is 2.77. The molecule has 4 aliphatic carbocycles. The molecule has 2 spiro atoms. The van der Waals surface area contributed by atoms with Gasteiger partial charge in [0.25, 0.3) is 0 Å². The van der Waals surface area contributed by atoms with Crippen LogP contribution in [0.25, 0.3) is 0 Å². The van der Waals surface area contributed by atoms with Crippen molar-refractivity contribution in [1.82, 2.24) is 0 Å². The van der Waals surface area contributed by atoms with Gasteiger partial charge in [-0.2, -0.15) is 0 Å². The molecule has 2 unspecified atom stereocenters. The third-order valence-electron chi connectivity index (χ3n) is 10.4. The lowest BCUT2D eigenvalue weighted by Crippen LogP contribution is -2.86. The van der Waals surface area contributed by atoms with Crippen molar-refractivity contribution in [2.75, 3.05) is 6.61 Å². The van der Waals surface area contributed by atoms with Crippen LogP contribution in [0.3, 0.4) is 0 Å². The van der Waals surface area contributed by atoms with Crippen LogP contribution in [-0.4, -0.2) is 58.6 Å². The van der Waals surface area contributed by atoms with Gasteiger partial charge >= 0.3 is 11.9 Å². The monoisotopic (exact) mass is 544 g/mol. The summed E-state index contributed by atoms with van der Waals surface area (Å²) in [6, 6.07) is 6.20. The Hall–Kier alpha value is -2.26. The third-order valence-corrected chi connectivity index (χ3v) is 10.7. The number of esters is 2. The molecule has 4 bridgehead atoms. The number of carbonyl (C=O) groups excluding carboxylic acids is 3. The fourth-order valence-corrected chi connectivity index (χ4v) is 9.28. The summed E-state index contributed by atoms with van der Waals surface area (Å²) in [7, 11) is 0.